The summed E-state index contributed by atoms with van der Waals surface area (Å²) < 4.78 is 16.2. The van der Waals surface area contributed by atoms with Crippen molar-refractivity contribution in [3.05, 3.63) is 60.2 Å². The van der Waals surface area contributed by atoms with E-state index in [1.54, 1.807) is 48.5 Å². The van der Waals surface area contributed by atoms with Crippen molar-refractivity contribution in [2.75, 3.05) is 13.2 Å². The summed E-state index contributed by atoms with van der Waals surface area (Å²) in [4.78, 5) is 24.7. The maximum atomic E-state index is 12.5. The number of benzene rings is 2. The van der Waals surface area contributed by atoms with Crippen molar-refractivity contribution in [3.8, 4) is 11.5 Å². The maximum Gasteiger partial charge on any atom is 0.345 e. The molecule has 142 valence electrons. The summed E-state index contributed by atoms with van der Waals surface area (Å²) in [5.74, 6) is 0.337. The SMILES string of the molecule is CCOc1ccc(OCC(=O)O[C@@H](C(=O)NC2CC2)c2ccccc2)cc1. The highest BCUT2D eigenvalue weighted by Crippen LogP contribution is 2.23. The molecule has 1 aliphatic carbocycles. The quantitative estimate of drug-likeness (QED) is 0.688. The van der Waals surface area contributed by atoms with Crippen LogP contribution in [-0.4, -0.2) is 31.1 Å². The Morgan fingerprint density at radius 1 is 1.00 bits per heavy atom. The number of carbonyl (C=O) groups is 2. The molecule has 2 aromatic rings. The van der Waals surface area contributed by atoms with E-state index < -0.39 is 12.1 Å². The van der Waals surface area contributed by atoms with E-state index in [1.807, 2.05) is 13.0 Å². The van der Waals surface area contributed by atoms with Crippen LogP contribution in [-0.2, 0) is 14.3 Å². The zero-order valence-corrected chi connectivity index (χ0v) is 15.2. The lowest BCUT2D eigenvalue weighted by Gasteiger charge is -2.18. The standard InChI is InChI=1S/C21H23NO5/c1-2-25-17-10-12-18(13-11-17)26-14-19(23)27-20(15-6-4-3-5-7-15)21(24)22-16-8-9-16/h3-7,10-13,16,20H,2,8-9,14H2,1H3,(H,22,24)/t20-/m1/s1. The Labute approximate surface area is 158 Å². The molecule has 27 heavy (non-hydrogen) atoms. The van der Waals surface area contributed by atoms with E-state index in [1.165, 1.54) is 0 Å². The maximum absolute atomic E-state index is 12.5. The fourth-order valence-electron chi connectivity index (χ4n) is 2.51. The molecule has 3 rings (SSSR count). The molecule has 6 heteroatoms. The van der Waals surface area contributed by atoms with E-state index in [2.05, 4.69) is 5.32 Å². The molecule has 1 saturated carbocycles. The van der Waals surface area contributed by atoms with Crippen molar-refractivity contribution in [3.63, 3.8) is 0 Å². The zero-order chi connectivity index (χ0) is 19.1. The fraction of sp³-hybridized carbons (Fsp3) is 0.333. The first-order valence-electron chi connectivity index (χ1n) is 9.06. The summed E-state index contributed by atoms with van der Waals surface area (Å²) in [6.45, 7) is 2.20. The van der Waals surface area contributed by atoms with Crippen LogP contribution in [0.1, 0.15) is 31.4 Å². The Balaban J connectivity index is 1.57. The first-order chi connectivity index (χ1) is 13.2. The van der Waals surface area contributed by atoms with Crippen molar-refractivity contribution in [1.82, 2.24) is 5.32 Å². The van der Waals surface area contributed by atoms with Gasteiger partial charge in [-0.05, 0) is 44.0 Å². The second kappa shape index (κ2) is 9.07. The highest BCUT2D eigenvalue weighted by Gasteiger charge is 2.30. The molecule has 0 aromatic heterocycles. The van der Waals surface area contributed by atoms with E-state index in [9.17, 15) is 9.59 Å². The lowest BCUT2D eigenvalue weighted by molar-refractivity contribution is -0.158. The molecule has 2 aromatic carbocycles. The van der Waals surface area contributed by atoms with E-state index in [4.69, 9.17) is 14.2 Å². The molecule has 0 saturated heterocycles. The van der Waals surface area contributed by atoms with Gasteiger partial charge in [-0.2, -0.15) is 0 Å². The molecule has 6 nitrogen and oxygen atoms in total. The second-order valence-corrected chi connectivity index (χ2v) is 6.26. The van der Waals surface area contributed by atoms with E-state index in [0.717, 1.165) is 18.6 Å². The van der Waals surface area contributed by atoms with Crippen molar-refractivity contribution in [2.45, 2.75) is 31.9 Å². The largest absolute Gasteiger partial charge is 0.494 e. The molecular formula is C21H23NO5. The van der Waals surface area contributed by atoms with Crippen LogP contribution in [0.2, 0.25) is 0 Å². The third-order valence-electron chi connectivity index (χ3n) is 4.00. The van der Waals surface area contributed by atoms with Gasteiger partial charge in [0.2, 0.25) is 6.10 Å². The number of amides is 1. The summed E-state index contributed by atoms with van der Waals surface area (Å²) in [6.07, 6.45) is 0.938. The van der Waals surface area contributed by atoms with Gasteiger partial charge in [0.05, 0.1) is 6.61 Å². The van der Waals surface area contributed by atoms with Crippen LogP contribution in [0.3, 0.4) is 0 Å². The predicted octanol–water partition coefficient (Wildman–Crippen LogP) is 3.03. The van der Waals surface area contributed by atoms with Crippen molar-refractivity contribution >= 4 is 11.9 Å². The highest BCUT2D eigenvalue weighted by molar-refractivity contribution is 5.85. The molecule has 0 radical (unpaired) electrons. The van der Waals surface area contributed by atoms with Gasteiger partial charge in [-0.15, -0.1) is 0 Å². The Hall–Kier alpha value is -3.02. The second-order valence-electron chi connectivity index (χ2n) is 6.26. The molecule has 0 unspecified atom stereocenters. The van der Waals surface area contributed by atoms with E-state index in [-0.39, 0.29) is 18.6 Å². The number of nitrogens with one attached hydrogen (secondary N) is 1. The minimum Gasteiger partial charge on any atom is -0.494 e. The summed E-state index contributed by atoms with van der Waals surface area (Å²) in [5, 5.41) is 2.88. The minimum absolute atomic E-state index is 0.183. The van der Waals surface area contributed by atoms with Gasteiger partial charge in [0.1, 0.15) is 11.5 Å². The molecule has 1 N–H and O–H groups in total. The van der Waals surface area contributed by atoms with Crippen molar-refractivity contribution < 1.29 is 23.8 Å². The Bertz CT molecular complexity index is 756. The summed E-state index contributed by atoms with van der Waals surface area (Å²) >= 11 is 0. The number of esters is 1. The summed E-state index contributed by atoms with van der Waals surface area (Å²) in [5.41, 5.74) is 0.630. The van der Waals surface area contributed by atoms with Crippen LogP contribution >= 0.6 is 0 Å². The molecule has 1 amide bonds. The van der Waals surface area contributed by atoms with E-state index >= 15 is 0 Å². The number of rotatable bonds is 9. The van der Waals surface area contributed by atoms with Gasteiger partial charge in [0, 0.05) is 11.6 Å². The van der Waals surface area contributed by atoms with Crippen LogP contribution < -0.4 is 14.8 Å². The average molecular weight is 369 g/mol. The van der Waals surface area contributed by atoms with Gasteiger partial charge >= 0.3 is 5.97 Å². The van der Waals surface area contributed by atoms with Gasteiger partial charge in [0.25, 0.3) is 5.91 Å². The lowest BCUT2D eigenvalue weighted by Crippen LogP contribution is -2.34. The first kappa shape index (κ1) is 18.8. The summed E-state index contributed by atoms with van der Waals surface area (Å²) in [6, 6.07) is 16.1. The topological polar surface area (TPSA) is 73.9 Å². The molecule has 0 aliphatic heterocycles. The number of carbonyl (C=O) groups excluding carboxylic acids is 2. The number of hydrogen-bond donors (Lipinski definition) is 1. The minimum atomic E-state index is -0.983. The molecule has 0 spiro atoms. The van der Waals surface area contributed by atoms with Gasteiger partial charge in [0.15, 0.2) is 6.61 Å². The average Bonchev–Trinajstić information content (AvgIpc) is 3.50. The molecule has 1 fully saturated rings. The highest BCUT2D eigenvalue weighted by atomic mass is 16.6. The van der Waals surface area contributed by atoms with Gasteiger partial charge < -0.3 is 19.5 Å². The monoisotopic (exact) mass is 369 g/mol. The number of hydrogen-bond acceptors (Lipinski definition) is 5. The Morgan fingerprint density at radius 3 is 2.22 bits per heavy atom. The van der Waals surface area contributed by atoms with Crippen LogP contribution in [0.4, 0.5) is 0 Å². The first-order valence-corrected chi connectivity index (χ1v) is 9.06. The van der Waals surface area contributed by atoms with Crippen LogP contribution in [0.25, 0.3) is 0 Å². The Kier molecular flexibility index (Phi) is 6.30. The molecule has 1 aliphatic rings. The van der Waals surface area contributed by atoms with Crippen LogP contribution in [0.15, 0.2) is 54.6 Å². The lowest BCUT2D eigenvalue weighted by atomic mass is 10.1. The van der Waals surface area contributed by atoms with E-state index in [0.29, 0.717) is 17.9 Å². The normalized spacial score (nSPS) is 14.1. The van der Waals surface area contributed by atoms with Crippen molar-refractivity contribution in [1.29, 1.82) is 0 Å². The molecule has 1 atom stereocenters. The third-order valence-corrected chi connectivity index (χ3v) is 4.00. The Morgan fingerprint density at radius 2 is 1.63 bits per heavy atom. The smallest absolute Gasteiger partial charge is 0.345 e. The number of ether oxygens (including phenoxy) is 3. The third kappa shape index (κ3) is 5.74. The summed E-state index contributed by atoms with van der Waals surface area (Å²) in [7, 11) is 0. The van der Waals surface area contributed by atoms with Crippen LogP contribution in [0.5, 0.6) is 11.5 Å². The fourth-order valence-corrected chi connectivity index (χ4v) is 2.51. The van der Waals surface area contributed by atoms with Crippen molar-refractivity contribution in [2.24, 2.45) is 0 Å². The molecule has 0 bridgehead atoms. The predicted molar refractivity (Wildman–Crippen MR) is 99.5 cm³/mol. The van der Waals surface area contributed by atoms with Gasteiger partial charge in [-0.25, -0.2) is 4.79 Å². The van der Waals surface area contributed by atoms with Crippen LogP contribution in [0, 0.1) is 0 Å². The van der Waals surface area contributed by atoms with Gasteiger partial charge in [-0.3, -0.25) is 4.79 Å². The van der Waals surface area contributed by atoms with Gasteiger partial charge in [-0.1, -0.05) is 30.3 Å². The molecule has 0 heterocycles. The molecular weight excluding hydrogens is 346 g/mol. The zero-order valence-electron chi connectivity index (χ0n) is 15.2.